The van der Waals surface area contributed by atoms with Crippen molar-refractivity contribution in [3.8, 4) is 0 Å². The van der Waals surface area contributed by atoms with Gasteiger partial charge >= 0.3 is 0 Å². The Hall–Kier alpha value is -1.92. The summed E-state index contributed by atoms with van der Waals surface area (Å²) in [4.78, 5) is 28.0. The number of thioether (sulfide) groups is 1. The minimum Gasteiger partial charge on any atom is -0.351 e. The molecule has 1 saturated heterocycles. The fourth-order valence-corrected chi connectivity index (χ4v) is 8.13. The Labute approximate surface area is 206 Å². The summed E-state index contributed by atoms with van der Waals surface area (Å²) >= 11 is 6.82. The molecule has 1 aromatic rings. The van der Waals surface area contributed by atoms with Gasteiger partial charge in [0.15, 0.2) is 0 Å². The molecule has 1 aliphatic heterocycles. The van der Waals surface area contributed by atoms with Crippen LogP contribution in [0.4, 0.5) is 0 Å². The zero-order valence-corrected chi connectivity index (χ0v) is 20.9. The van der Waals surface area contributed by atoms with E-state index < -0.39 is 0 Å². The molecule has 0 spiro atoms. The number of hydrogen-bond acceptors (Lipinski definition) is 4. The third-order valence-electron chi connectivity index (χ3n) is 7.65. The molecule has 5 fully saturated rings. The van der Waals surface area contributed by atoms with Crippen LogP contribution in [0.5, 0.6) is 0 Å². The number of carbonyl (C=O) groups excluding carboxylic acids is 2. The van der Waals surface area contributed by atoms with Crippen LogP contribution >= 0.6 is 24.0 Å². The van der Waals surface area contributed by atoms with Gasteiger partial charge in [-0.05, 0) is 86.8 Å². The maximum atomic E-state index is 12.9. The molecule has 0 radical (unpaired) electrons. The lowest BCUT2D eigenvalue weighted by molar-refractivity contribution is -0.127. The first-order valence-corrected chi connectivity index (χ1v) is 13.4. The molecule has 6 heteroatoms. The number of amides is 2. The molecule has 4 nitrogen and oxygen atoms in total. The third-order valence-corrected chi connectivity index (χ3v) is 9.03. The standard InChI is InChI=1S/C27H32N2O2S2/c1-18(10-19-6-3-2-4-7-19)11-23-25(31)29(26(32)33-23)9-5-8-24(30)28-27-15-20-12-21(16-27)14-22(13-20)17-27/h2-4,6-7,10-11,20-22H,5,8-9,12-17H2,1H3,(H,28,30). The summed E-state index contributed by atoms with van der Waals surface area (Å²) in [5.41, 5.74) is 2.17. The molecule has 0 unspecified atom stereocenters. The van der Waals surface area contributed by atoms with E-state index in [2.05, 4.69) is 11.4 Å². The van der Waals surface area contributed by atoms with Gasteiger partial charge in [0.05, 0.1) is 4.91 Å². The number of hydrogen-bond donors (Lipinski definition) is 1. The Bertz CT molecular complexity index is 979. The van der Waals surface area contributed by atoms with E-state index in [0.29, 0.717) is 28.6 Å². The van der Waals surface area contributed by atoms with Crippen LogP contribution in [0.2, 0.25) is 0 Å². The predicted octanol–water partition coefficient (Wildman–Crippen LogP) is 5.70. The van der Waals surface area contributed by atoms with Crippen molar-refractivity contribution in [2.75, 3.05) is 6.54 Å². The van der Waals surface area contributed by atoms with Crippen molar-refractivity contribution >= 4 is 46.2 Å². The zero-order chi connectivity index (χ0) is 23.0. The number of thiocarbonyl (C=S) groups is 1. The van der Waals surface area contributed by atoms with Crippen LogP contribution in [0, 0.1) is 17.8 Å². The van der Waals surface area contributed by atoms with Crippen LogP contribution in [0.15, 0.2) is 46.9 Å². The van der Waals surface area contributed by atoms with Crippen LogP contribution in [0.1, 0.15) is 63.9 Å². The molecule has 0 aromatic heterocycles. The Balaban J connectivity index is 1.13. The van der Waals surface area contributed by atoms with Crippen molar-refractivity contribution in [3.63, 3.8) is 0 Å². The topological polar surface area (TPSA) is 49.4 Å². The number of nitrogens with one attached hydrogen (secondary N) is 1. The average Bonchev–Trinajstić information content (AvgIpc) is 3.00. The molecule has 4 bridgehead atoms. The third kappa shape index (κ3) is 5.12. The molecule has 5 aliphatic rings. The molecule has 4 saturated carbocycles. The normalized spacial score (nSPS) is 32.2. The molecule has 33 heavy (non-hydrogen) atoms. The highest BCUT2D eigenvalue weighted by Crippen LogP contribution is 2.55. The van der Waals surface area contributed by atoms with Gasteiger partial charge in [-0.15, -0.1) is 0 Å². The second-order valence-corrected chi connectivity index (χ2v) is 12.2. The van der Waals surface area contributed by atoms with Crippen LogP contribution in [-0.2, 0) is 9.59 Å². The first-order valence-electron chi connectivity index (χ1n) is 12.2. The molecule has 2 amide bonds. The summed E-state index contributed by atoms with van der Waals surface area (Å²) in [5, 5.41) is 3.43. The minimum absolute atomic E-state index is 0.0488. The molecule has 1 aromatic carbocycles. The highest BCUT2D eigenvalue weighted by Gasteiger charge is 2.51. The quantitative estimate of drug-likeness (QED) is 0.402. The van der Waals surface area contributed by atoms with E-state index in [9.17, 15) is 9.59 Å². The monoisotopic (exact) mass is 480 g/mol. The largest absolute Gasteiger partial charge is 0.351 e. The number of nitrogens with zero attached hydrogens (tertiary/aromatic N) is 1. The van der Waals surface area contributed by atoms with E-state index in [0.717, 1.165) is 28.9 Å². The lowest BCUT2D eigenvalue weighted by Gasteiger charge is -2.56. The number of benzene rings is 1. The van der Waals surface area contributed by atoms with Gasteiger partial charge in [0, 0.05) is 18.5 Å². The second-order valence-electron chi connectivity index (χ2n) is 10.5. The van der Waals surface area contributed by atoms with Crippen molar-refractivity contribution in [2.24, 2.45) is 17.8 Å². The van der Waals surface area contributed by atoms with Crippen LogP contribution < -0.4 is 5.32 Å². The SMILES string of the molecule is CC(=Cc1ccccc1)C=C1SC(=S)N(CCCC(=O)NC23CC4CC(CC(C4)C2)C3)C1=O. The predicted molar refractivity (Wildman–Crippen MR) is 138 cm³/mol. The number of rotatable bonds is 7. The van der Waals surface area contributed by atoms with Crippen molar-refractivity contribution in [2.45, 2.75) is 63.8 Å². The summed E-state index contributed by atoms with van der Waals surface area (Å²) < 4.78 is 0.584. The number of carbonyl (C=O) groups is 2. The molecule has 6 rings (SSSR count). The second kappa shape index (κ2) is 9.38. The summed E-state index contributed by atoms with van der Waals surface area (Å²) in [6, 6.07) is 10.1. The van der Waals surface area contributed by atoms with Crippen molar-refractivity contribution in [1.82, 2.24) is 10.2 Å². The van der Waals surface area contributed by atoms with E-state index >= 15 is 0 Å². The lowest BCUT2D eigenvalue weighted by atomic mass is 9.53. The van der Waals surface area contributed by atoms with Crippen molar-refractivity contribution in [3.05, 3.63) is 52.4 Å². The summed E-state index contributed by atoms with van der Waals surface area (Å²) in [5.74, 6) is 2.54. The van der Waals surface area contributed by atoms with Gasteiger partial charge in [0.25, 0.3) is 5.91 Å². The Morgan fingerprint density at radius 3 is 2.42 bits per heavy atom. The fourth-order valence-electron chi connectivity index (χ4n) is 6.77. The van der Waals surface area contributed by atoms with Gasteiger partial charge in [0.1, 0.15) is 4.32 Å². The molecular formula is C27H32N2O2S2. The number of allylic oxidation sites excluding steroid dienone is 2. The van der Waals surface area contributed by atoms with Crippen LogP contribution in [-0.4, -0.2) is 33.1 Å². The molecule has 1 N–H and O–H groups in total. The molecule has 174 valence electrons. The minimum atomic E-state index is -0.0488. The van der Waals surface area contributed by atoms with Gasteiger partial charge in [-0.25, -0.2) is 0 Å². The van der Waals surface area contributed by atoms with E-state index in [1.54, 1.807) is 4.90 Å². The van der Waals surface area contributed by atoms with Crippen molar-refractivity contribution in [1.29, 1.82) is 0 Å². The van der Waals surface area contributed by atoms with E-state index in [1.165, 1.54) is 50.3 Å². The summed E-state index contributed by atoms with van der Waals surface area (Å²) in [7, 11) is 0. The van der Waals surface area contributed by atoms with Crippen LogP contribution in [0.3, 0.4) is 0 Å². The highest BCUT2D eigenvalue weighted by molar-refractivity contribution is 8.26. The van der Waals surface area contributed by atoms with Gasteiger partial charge in [-0.3, -0.25) is 14.5 Å². The molecule has 4 aliphatic carbocycles. The van der Waals surface area contributed by atoms with E-state index in [-0.39, 0.29) is 17.4 Å². The maximum absolute atomic E-state index is 12.9. The van der Waals surface area contributed by atoms with Gasteiger partial charge in [-0.2, -0.15) is 0 Å². The van der Waals surface area contributed by atoms with E-state index in [1.807, 2.05) is 43.3 Å². The molecule has 1 heterocycles. The smallest absolute Gasteiger partial charge is 0.266 e. The van der Waals surface area contributed by atoms with E-state index in [4.69, 9.17) is 12.2 Å². The van der Waals surface area contributed by atoms with Gasteiger partial charge in [0.2, 0.25) is 5.91 Å². The fraction of sp³-hybridized carbons (Fsp3) is 0.519. The lowest BCUT2D eigenvalue weighted by Crippen LogP contribution is -2.59. The molecular weight excluding hydrogens is 448 g/mol. The zero-order valence-electron chi connectivity index (χ0n) is 19.2. The van der Waals surface area contributed by atoms with Crippen LogP contribution in [0.25, 0.3) is 6.08 Å². The summed E-state index contributed by atoms with van der Waals surface area (Å²) in [6.07, 6.45) is 12.7. The highest BCUT2D eigenvalue weighted by atomic mass is 32.2. The first-order chi connectivity index (χ1) is 15.9. The van der Waals surface area contributed by atoms with Gasteiger partial charge in [-0.1, -0.05) is 60.4 Å². The Morgan fingerprint density at radius 2 is 1.79 bits per heavy atom. The first kappa shape index (κ1) is 22.9. The molecule has 0 atom stereocenters. The average molecular weight is 481 g/mol. The summed E-state index contributed by atoms with van der Waals surface area (Å²) in [6.45, 7) is 2.49. The maximum Gasteiger partial charge on any atom is 0.266 e. The Kier molecular flexibility index (Phi) is 6.49. The van der Waals surface area contributed by atoms with Gasteiger partial charge < -0.3 is 5.32 Å². The van der Waals surface area contributed by atoms with Crippen molar-refractivity contribution < 1.29 is 9.59 Å². The Morgan fingerprint density at radius 1 is 1.15 bits per heavy atom.